The number of hydrogen-bond donors (Lipinski definition) is 2. The molecule has 1 aromatic rings. The smallest absolute Gasteiger partial charge is 0.252 e. The van der Waals surface area contributed by atoms with E-state index in [0.29, 0.717) is 16.0 Å². The van der Waals surface area contributed by atoms with Gasteiger partial charge in [-0.3, -0.25) is 9.69 Å². The summed E-state index contributed by atoms with van der Waals surface area (Å²) in [4.78, 5) is 15.3. The minimum atomic E-state index is -0.0121. The van der Waals surface area contributed by atoms with Crippen molar-refractivity contribution in [2.75, 3.05) is 32.7 Å². The van der Waals surface area contributed by atoms with Crippen molar-refractivity contribution in [3.63, 3.8) is 0 Å². The summed E-state index contributed by atoms with van der Waals surface area (Å²) in [6.07, 6.45) is 9.75. The molecule has 5 fully saturated rings. The molecule has 5 aliphatic rings. The Morgan fingerprint density at radius 3 is 2.41 bits per heavy atom. The number of carbonyl (C=O) groups excluding carboxylic acids is 1. The predicted molar refractivity (Wildman–Crippen MR) is 117 cm³/mol. The van der Waals surface area contributed by atoms with Crippen LogP contribution in [0.4, 0.5) is 0 Å². The molecule has 6 rings (SSSR count). The Kier molecular flexibility index (Phi) is 5.61. The second kappa shape index (κ2) is 8.20. The molecule has 0 spiro atoms. The van der Waals surface area contributed by atoms with Crippen LogP contribution in [0, 0.1) is 23.2 Å². The highest BCUT2D eigenvalue weighted by molar-refractivity contribution is 6.33. The summed E-state index contributed by atoms with van der Waals surface area (Å²) in [7, 11) is 0. The first kappa shape index (κ1) is 19.8. The molecular formula is C24H34ClN3O. The van der Waals surface area contributed by atoms with Crippen LogP contribution in [0.15, 0.2) is 18.2 Å². The molecule has 1 heterocycles. The summed E-state index contributed by atoms with van der Waals surface area (Å²) in [5.74, 6) is 2.89. The van der Waals surface area contributed by atoms with Gasteiger partial charge in [0.1, 0.15) is 0 Å². The van der Waals surface area contributed by atoms with Gasteiger partial charge in [-0.25, -0.2) is 0 Å². The first-order valence-electron chi connectivity index (χ1n) is 11.6. The van der Waals surface area contributed by atoms with Crippen molar-refractivity contribution in [1.29, 1.82) is 0 Å². The lowest BCUT2D eigenvalue weighted by Crippen LogP contribution is -2.47. The molecule has 1 amide bonds. The van der Waals surface area contributed by atoms with Crippen molar-refractivity contribution in [3.8, 4) is 0 Å². The third kappa shape index (κ3) is 4.35. The van der Waals surface area contributed by atoms with Gasteiger partial charge in [0.05, 0.1) is 10.6 Å². The van der Waals surface area contributed by atoms with Gasteiger partial charge in [-0.05, 0) is 85.8 Å². The van der Waals surface area contributed by atoms with Gasteiger partial charge >= 0.3 is 0 Å². The number of nitrogens with zero attached hydrogens (tertiary/aromatic N) is 1. The van der Waals surface area contributed by atoms with E-state index in [1.807, 2.05) is 12.1 Å². The monoisotopic (exact) mass is 415 g/mol. The van der Waals surface area contributed by atoms with Gasteiger partial charge in [-0.2, -0.15) is 0 Å². The van der Waals surface area contributed by atoms with E-state index >= 15 is 0 Å². The zero-order valence-electron chi connectivity index (χ0n) is 17.4. The Bertz CT molecular complexity index is 723. The number of amides is 1. The lowest BCUT2D eigenvalue weighted by Gasteiger charge is -2.57. The Labute approximate surface area is 179 Å². The van der Waals surface area contributed by atoms with Gasteiger partial charge in [-0.1, -0.05) is 17.7 Å². The highest BCUT2D eigenvalue weighted by Crippen LogP contribution is 2.61. The van der Waals surface area contributed by atoms with Crippen LogP contribution >= 0.6 is 11.6 Å². The number of hydrogen-bond acceptors (Lipinski definition) is 3. The van der Waals surface area contributed by atoms with Crippen LogP contribution in [0.25, 0.3) is 0 Å². The Balaban J connectivity index is 1.18. The van der Waals surface area contributed by atoms with Gasteiger partial charge in [0, 0.05) is 39.3 Å². The van der Waals surface area contributed by atoms with E-state index < -0.39 is 0 Å². The lowest BCUT2D eigenvalue weighted by molar-refractivity contribution is -0.0564. The Morgan fingerprint density at radius 1 is 1.10 bits per heavy atom. The number of rotatable bonds is 6. The molecule has 4 nitrogen and oxygen atoms in total. The van der Waals surface area contributed by atoms with E-state index in [0.717, 1.165) is 63.4 Å². The van der Waals surface area contributed by atoms with E-state index in [4.69, 9.17) is 11.6 Å². The maximum absolute atomic E-state index is 12.9. The van der Waals surface area contributed by atoms with Gasteiger partial charge in [0.2, 0.25) is 0 Å². The van der Waals surface area contributed by atoms with Gasteiger partial charge in [-0.15, -0.1) is 0 Å². The molecule has 0 radical (unpaired) electrons. The number of benzene rings is 1. The van der Waals surface area contributed by atoms with Crippen LogP contribution in [-0.2, 0) is 6.54 Å². The molecule has 1 aliphatic heterocycles. The highest BCUT2D eigenvalue weighted by Gasteiger charge is 2.50. The molecular weight excluding hydrogens is 382 g/mol. The molecule has 0 unspecified atom stereocenters. The maximum Gasteiger partial charge on any atom is 0.252 e. The normalized spacial score (nSPS) is 33.8. The van der Waals surface area contributed by atoms with E-state index in [-0.39, 0.29) is 5.91 Å². The topological polar surface area (TPSA) is 44.4 Å². The third-order valence-electron chi connectivity index (χ3n) is 8.00. The van der Waals surface area contributed by atoms with Crippen LogP contribution in [0.2, 0.25) is 5.02 Å². The van der Waals surface area contributed by atoms with Crippen molar-refractivity contribution < 1.29 is 4.79 Å². The van der Waals surface area contributed by atoms with Crippen LogP contribution < -0.4 is 10.6 Å². The van der Waals surface area contributed by atoms with Crippen LogP contribution in [0.5, 0.6) is 0 Å². The first-order valence-corrected chi connectivity index (χ1v) is 12.0. The molecule has 1 aromatic carbocycles. The standard InChI is InChI=1S/C24H34ClN3O/c25-22-2-1-17(16-28-7-5-26-6-8-28)12-21(22)23(29)27-4-3-24-13-18-9-19(14-24)11-20(10-18)15-24/h1-2,12,18-20,26H,3-11,13-16H2,(H,27,29). The fourth-order valence-electron chi connectivity index (χ4n) is 7.10. The molecule has 4 saturated carbocycles. The lowest BCUT2D eigenvalue weighted by atomic mass is 9.49. The van der Waals surface area contributed by atoms with Gasteiger partial charge in [0.25, 0.3) is 5.91 Å². The SMILES string of the molecule is O=C(NCCC12CC3CC(CC(C3)C1)C2)c1cc(CN2CCNCC2)ccc1Cl. The Morgan fingerprint density at radius 2 is 1.76 bits per heavy atom. The van der Waals surface area contributed by atoms with E-state index in [1.165, 1.54) is 44.1 Å². The fraction of sp³-hybridized carbons (Fsp3) is 0.708. The molecule has 2 N–H and O–H groups in total. The molecule has 0 aromatic heterocycles. The minimum Gasteiger partial charge on any atom is -0.352 e. The van der Waals surface area contributed by atoms with E-state index in [9.17, 15) is 4.79 Å². The number of halogens is 1. The van der Waals surface area contributed by atoms with Crippen molar-refractivity contribution >= 4 is 17.5 Å². The summed E-state index contributed by atoms with van der Waals surface area (Å²) < 4.78 is 0. The Hall–Kier alpha value is -1.10. The number of piperazine rings is 1. The number of carbonyl (C=O) groups is 1. The van der Waals surface area contributed by atoms with Crippen LogP contribution in [0.3, 0.4) is 0 Å². The van der Waals surface area contributed by atoms with Gasteiger partial charge in [0.15, 0.2) is 0 Å². The molecule has 5 heteroatoms. The quantitative estimate of drug-likeness (QED) is 0.735. The van der Waals surface area contributed by atoms with Crippen molar-refractivity contribution in [3.05, 3.63) is 34.3 Å². The largest absolute Gasteiger partial charge is 0.352 e. The van der Waals surface area contributed by atoms with Crippen molar-refractivity contribution in [2.24, 2.45) is 23.2 Å². The molecule has 158 valence electrons. The summed E-state index contributed by atoms with van der Waals surface area (Å²) in [5, 5.41) is 7.14. The third-order valence-corrected chi connectivity index (χ3v) is 8.33. The second-order valence-electron chi connectivity index (χ2n) is 10.3. The molecule has 29 heavy (non-hydrogen) atoms. The van der Waals surface area contributed by atoms with E-state index in [2.05, 4.69) is 21.6 Å². The van der Waals surface area contributed by atoms with Crippen molar-refractivity contribution in [1.82, 2.24) is 15.5 Å². The minimum absolute atomic E-state index is 0.0121. The molecule has 0 atom stereocenters. The molecule has 4 bridgehead atoms. The average Bonchev–Trinajstić information content (AvgIpc) is 2.69. The van der Waals surface area contributed by atoms with Crippen LogP contribution in [0.1, 0.15) is 60.9 Å². The van der Waals surface area contributed by atoms with Crippen LogP contribution in [-0.4, -0.2) is 43.5 Å². The fourth-order valence-corrected chi connectivity index (χ4v) is 7.31. The number of nitrogens with one attached hydrogen (secondary N) is 2. The van der Waals surface area contributed by atoms with E-state index in [1.54, 1.807) is 0 Å². The van der Waals surface area contributed by atoms with Crippen molar-refractivity contribution in [2.45, 2.75) is 51.5 Å². The summed E-state index contributed by atoms with van der Waals surface area (Å²) in [6.45, 7) is 5.83. The summed E-state index contributed by atoms with van der Waals surface area (Å²) in [5.41, 5.74) is 2.31. The molecule has 1 saturated heterocycles. The summed E-state index contributed by atoms with van der Waals surface area (Å²) >= 11 is 6.38. The molecule has 4 aliphatic carbocycles. The zero-order valence-corrected chi connectivity index (χ0v) is 18.1. The second-order valence-corrected chi connectivity index (χ2v) is 10.7. The average molecular weight is 416 g/mol. The predicted octanol–water partition coefficient (Wildman–Crippen LogP) is 4.08. The first-order chi connectivity index (χ1) is 14.1. The summed E-state index contributed by atoms with van der Waals surface area (Å²) in [6, 6.07) is 5.92. The van der Waals surface area contributed by atoms with Gasteiger partial charge < -0.3 is 10.6 Å². The maximum atomic E-state index is 12.9. The zero-order chi connectivity index (χ0) is 19.8. The highest BCUT2D eigenvalue weighted by atomic mass is 35.5.